The van der Waals surface area contributed by atoms with Gasteiger partial charge in [0.1, 0.15) is 22.9 Å². The molecular formula is C23H31N3O4. The van der Waals surface area contributed by atoms with Crippen LogP contribution >= 0.6 is 0 Å². The van der Waals surface area contributed by atoms with Crippen LogP contribution in [0.1, 0.15) is 33.3 Å². The van der Waals surface area contributed by atoms with Gasteiger partial charge in [-0.2, -0.15) is 0 Å². The average Bonchev–Trinajstić information content (AvgIpc) is 2.73. The van der Waals surface area contributed by atoms with E-state index >= 15 is 0 Å². The van der Waals surface area contributed by atoms with Crippen molar-refractivity contribution in [2.75, 3.05) is 31.3 Å². The first-order valence-electron chi connectivity index (χ1n) is 9.68. The van der Waals surface area contributed by atoms with Crippen LogP contribution in [0.4, 0.5) is 17.1 Å². The van der Waals surface area contributed by atoms with E-state index in [0.717, 1.165) is 0 Å². The molecule has 0 atom stereocenters. The largest absolute Gasteiger partial charge is 0.505 e. The molecule has 0 unspecified atom stereocenters. The van der Waals surface area contributed by atoms with Crippen molar-refractivity contribution in [3.05, 3.63) is 75.0 Å². The molecule has 2 aromatic rings. The van der Waals surface area contributed by atoms with E-state index in [1.807, 2.05) is 27.9 Å². The lowest BCUT2D eigenvalue weighted by Crippen LogP contribution is -2.37. The maximum absolute atomic E-state index is 12.0. The Kier molecular flexibility index (Phi) is 8.92. The molecule has 0 fully saturated rings. The van der Waals surface area contributed by atoms with Gasteiger partial charge in [0, 0.05) is 25.4 Å². The summed E-state index contributed by atoms with van der Waals surface area (Å²) in [5, 5.41) is 16.3. The van der Waals surface area contributed by atoms with Gasteiger partial charge in [0.2, 0.25) is 0 Å². The number of ether oxygens (including phenoxy) is 1. The summed E-state index contributed by atoms with van der Waals surface area (Å²) in [7, 11) is 3.62. The Balaban J connectivity index is 0.00000218. The number of phenolic OH excluding ortho intramolecular Hbond substituents is 1. The molecule has 2 aromatic carbocycles. The lowest BCUT2D eigenvalue weighted by atomic mass is 10.1. The number of benzene rings is 1. The van der Waals surface area contributed by atoms with E-state index in [1.165, 1.54) is 0 Å². The van der Waals surface area contributed by atoms with Gasteiger partial charge < -0.3 is 25.4 Å². The maximum Gasteiger partial charge on any atom is 0.253 e. The van der Waals surface area contributed by atoms with Crippen LogP contribution < -0.4 is 21.5 Å². The van der Waals surface area contributed by atoms with E-state index < -0.39 is 10.9 Å². The second-order valence-electron chi connectivity index (χ2n) is 6.49. The van der Waals surface area contributed by atoms with E-state index in [9.17, 15) is 14.7 Å². The highest BCUT2D eigenvalue weighted by molar-refractivity contribution is 5.83. The molecular weight excluding hydrogens is 382 g/mol. The molecule has 7 heteroatoms. The standard InChI is InChI=1S/C21H25N3O4.C2H6/c1-7-14(28-12(2)3)11-22-17-18(21(27)20(17)26)23-16-10-8-9-15(19(16)25)13(4)24(5)6;1-2/h7-10,22-23,25H,2,4,11H2,1,3,5-6H3;1-2H3/b14-7-;. The molecule has 0 bridgehead atoms. The molecule has 0 radical (unpaired) electrons. The fraction of sp³-hybridized carbons (Fsp3) is 0.304. The van der Waals surface area contributed by atoms with Crippen molar-refractivity contribution >= 4 is 22.8 Å². The number of nitrogens with one attached hydrogen (secondary N) is 2. The zero-order chi connectivity index (χ0) is 23.0. The molecule has 0 heterocycles. The van der Waals surface area contributed by atoms with Crippen molar-refractivity contribution in [3.63, 3.8) is 0 Å². The van der Waals surface area contributed by atoms with Gasteiger partial charge in [0.15, 0.2) is 0 Å². The number of aromatic hydroxyl groups is 1. The summed E-state index contributed by atoms with van der Waals surface area (Å²) in [6, 6.07) is 5.06. The van der Waals surface area contributed by atoms with Gasteiger partial charge in [0.25, 0.3) is 10.9 Å². The minimum Gasteiger partial charge on any atom is -0.505 e. The smallest absolute Gasteiger partial charge is 0.253 e. The average molecular weight is 414 g/mol. The number of allylic oxidation sites excluding steroid dienone is 2. The van der Waals surface area contributed by atoms with Gasteiger partial charge in [-0.05, 0) is 32.1 Å². The summed E-state index contributed by atoms with van der Waals surface area (Å²) in [5.74, 6) is 1.03. The number of anilines is 3. The van der Waals surface area contributed by atoms with Crippen LogP contribution in [0.2, 0.25) is 0 Å². The van der Waals surface area contributed by atoms with E-state index in [2.05, 4.69) is 23.8 Å². The number of hydrogen-bond acceptors (Lipinski definition) is 7. The summed E-state index contributed by atoms with van der Waals surface area (Å²) >= 11 is 0. The highest BCUT2D eigenvalue weighted by Crippen LogP contribution is 2.35. The lowest BCUT2D eigenvalue weighted by molar-refractivity contribution is 0.306. The first-order valence-corrected chi connectivity index (χ1v) is 9.68. The Bertz CT molecular complexity index is 1010. The Morgan fingerprint density at radius 2 is 1.77 bits per heavy atom. The Hall–Kier alpha value is -3.48. The van der Waals surface area contributed by atoms with Gasteiger partial charge in [-0.15, -0.1) is 0 Å². The molecule has 7 nitrogen and oxygen atoms in total. The summed E-state index contributed by atoms with van der Waals surface area (Å²) < 4.78 is 5.43. The van der Waals surface area contributed by atoms with E-state index in [-0.39, 0.29) is 23.7 Å². The molecule has 0 saturated heterocycles. The zero-order valence-corrected chi connectivity index (χ0v) is 18.5. The minimum atomic E-state index is -0.651. The van der Waals surface area contributed by atoms with Crippen LogP contribution in [-0.4, -0.2) is 30.6 Å². The van der Waals surface area contributed by atoms with Gasteiger partial charge in [-0.3, -0.25) is 9.59 Å². The molecule has 3 N–H and O–H groups in total. The number of nitrogens with zero attached hydrogens (tertiary/aromatic N) is 1. The van der Waals surface area contributed by atoms with E-state index in [1.54, 1.807) is 43.0 Å². The molecule has 0 saturated carbocycles. The molecule has 0 aliphatic carbocycles. The number of hydrogen-bond donors (Lipinski definition) is 3. The monoisotopic (exact) mass is 413 g/mol. The molecule has 30 heavy (non-hydrogen) atoms. The van der Waals surface area contributed by atoms with Gasteiger partial charge in [-0.1, -0.05) is 33.1 Å². The van der Waals surface area contributed by atoms with Crippen LogP contribution in [0.3, 0.4) is 0 Å². The third-order valence-electron chi connectivity index (χ3n) is 4.12. The van der Waals surface area contributed by atoms with Crippen LogP contribution in [-0.2, 0) is 4.74 Å². The molecule has 0 aromatic heterocycles. The van der Waals surface area contributed by atoms with Crippen LogP contribution in [0, 0.1) is 0 Å². The third kappa shape index (κ3) is 5.53. The summed E-state index contributed by atoms with van der Waals surface area (Å²) in [6.07, 6.45) is 1.74. The minimum absolute atomic E-state index is 0.0556. The van der Waals surface area contributed by atoms with Crippen molar-refractivity contribution in [2.45, 2.75) is 27.7 Å². The molecule has 0 aliphatic rings. The highest BCUT2D eigenvalue weighted by Gasteiger charge is 2.23. The molecule has 0 amide bonds. The topological polar surface area (TPSA) is 90.9 Å². The lowest BCUT2D eigenvalue weighted by Gasteiger charge is -2.20. The predicted molar refractivity (Wildman–Crippen MR) is 125 cm³/mol. The van der Waals surface area contributed by atoms with Crippen molar-refractivity contribution in [1.82, 2.24) is 4.90 Å². The fourth-order valence-electron chi connectivity index (χ4n) is 2.53. The summed E-state index contributed by atoms with van der Waals surface area (Å²) in [6.45, 7) is 15.3. The Morgan fingerprint density at radius 3 is 2.30 bits per heavy atom. The van der Waals surface area contributed by atoms with Crippen LogP contribution in [0.25, 0.3) is 5.70 Å². The second kappa shape index (κ2) is 10.9. The SMILES string of the molecule is C=C(C)O/C(=C\C)CNc1c(Nc2cccc(C(=C)N(C)C)c2O)c(=O)c1=O.CC. The van der Waals surface area contributed by atoms with Crippen molar-refractivity contribution in [2.24, 2.45) is 0 Å². The fourth-order valence-corrected chi connectivity index (χ4v) is 2.53. The van der Waals surface area contributed by atoms with Crippen molar-refractivity contribution in [3.8, 4) is 5.75 Å². The zero-order valence-electron chi connectivity index (χ0n) is 18.5. The number of phenols is 1. The summed E-state index contributed by atoms with van der Waals surface area (Å²) in [4.78, 5) is 25.8. The Labute approximate surface area is 177 Å². The molecule has 0 aliphatic heterocycles. The molecule has 0 spiro atoms. The summed E-state index contributed by atoms with van der Waals surface area (Å²) in [5.41, 5.74) is 0.404. The Morgan fingerprint density at radius 1 is 1.17 bits per heavy atom. The molecule has 2 rings (SSSR count). The number of para-hydroxylation sites is 1. The molecule has 162 valence electrons. The number of rotatable bonds is 9. The van der Waals surface area contributed by atoms with Crippen LogP contribution in [0.15, 0.2) is 58.5 Å². The maximum atomic E-state index is 12.0. The van der Waals surface area contributed by atoms with Crippen LogP contribution in [0.5, 0.6) is 5.75 Å². The normalized spacial score (nSPS) is 10.7. The quantitative estimate of drug-likeness (QED) is 0.323. The predicted octanol–water partition coefficient (Wildman–Crippen LogP) is 4.16. The van der Waals surface area contributed by atoms with Crippen molar-refractivity contribution in [1.29, 1.82) is 0 Å². The van der Waals surface area contributed by atoms with E-state index in [0.29, 0.717) is 28.5 Å². The second-order valence-corrected chi connectivity index (χ2v) is 6.49. The first-order chi connectivity index (χ1) is 14.2. The highest BCUT2D eigenvalue weighted by atomic mass is 16.5. The van der Waals surface area contributed by atoms with Gasteiger partial charge in [-0.25, -0.2) is 0 Å². The van der Waals surface area contributed by atoms with E-state index in [4.69, 9.17) is 4.74 Å². The van der Waals surface area contributed by atoms with Gasteiger partial charge >= 0.3 is 0 Å². The van der Waals surface area contributed by atoms with Crippen molar-refractivity contribution < 1.29 is 9.84 Å². The van der Waals surface area contributed by atoms with Gasteiger partial charge in [0.05, 0.1) is 18.0 Å². The first kappa shape index (κ1) is 24.6. The third-order valence-corrected chi connectivity index (χ3v) is 4.12.